The lowest BCUT2D eigenvalue weighted by molar-refractivity contribution is -0.120. The lowest BCUT2D eigenvalue weighted by Crippen LogP contribution is -2.35. The van der Waals surface area contributed by atoms with Gasteiger partial charge in [-0.05, 0) is 29.4 Å². The minimum Gasteiger partial charge on any atom is -0.355 e. The fraction of sp³-hybridized carbons (Fsp3) is 0.389. The molecule has 4 heteroatoms. The first kappa shape index (κ1) is 18.5. The average molecular weight is 321 g/mol. The molecule has 0 radical (unpaired) electrons. The van der Waals surface area contributed by atoms with Crippen molar-refractivity contribution >= 4 is 29.1 Å². The Hall–Kier alpha value is -1.58. The number of carbonyl (C=O) groups is 1. The van der Waals surface area contributed by atoms with Gasteiger partial charge in [0.1, 0.15) is 0 Å². The number of amides is 1. The monoisotopic (exact) mass is 320 g/mol. The van der Waals surface area contributed by atoms with Gasteiger partial charge in [-0.25, -0.2) is 0 Å². The molecule has 120 valence electrons. The van der Waals surface area contributed by atoms with Crippen LogP contribution < -0.4 is 5.32 Å². The Bertz CT molecular complexity index is 591. The van der Waals surface area contributed by atoms with Crippen LogP contribution in [-0.4, -0.2) is 37.0 Å². The maximum Gasteiger partial charge on any atom is 0.224 e. The van der Waals surface area contributed by atoms with Gasteiger partial charge in [0.15, 0.2) is 0 Å². The predicted molar refractivity (Wildman–Crippen MR) is 95.7 cm³/mol. The predicted octanol–water partition coefficient (Wildman–Crippen LogP) is 3.26. The molecule has 0 saturated heterocycles. The summed E-state index contributed by atoms with van der Waals surface area (Å²) in [5.41, 5.74) is 1.09. The quantitative estimate of drug-likeness (QED) is 0.849. The van der Waals surface area contributed by atoms with E-state index < -0.39 is 0 Å². The molecular weight excluding hydrogens is 296 g/mol. The fourth-order valence-electron chi connectivity index (χ4n) is 2.58. The maximum atomic E-state index is 12.1. The summed E-state index contributed by atoms with van der Waals surface area (Å²) >= 11 is 0. The highest BCUT2D eigenvalue weighted by Gasteiger charge is 2.07. The zero-order valence-corrected chi connectivity index (χ0v) is 14.2. The molecular formula is C18H25ClN2O. The Morgan fingerprint density at radius 1 is 1.05 bits per heavy atom. The van der Waals surface area contributed by atoms with Crippen LogP contribution in [0.3, 0.4) is 0 Å². The van der Waals surface area contributed by atoms with Crippen LogP contribution in [0.1, 0.15) is 19.4 Å². The summed E-state index contributed by atoms with van der Waals surface area (Å²) in [6, 6.07) is 14.3. The van der Waals surface area contributed by atoms with E-state index in [1.165, 1.54) is 10.8 Å². The van der Waals surface area contributed by atoms with Gasteiger partial charge < -0.3 is 10.2 Å². The number of rotatable bonds is 7. The van der Waals surface area contributed by atoms with Gasteiger partial charge in [0.25, 0.3) is 0 Å². The van der Waals surface area contributed by atoms with E-state index in [-0.39, 0.29) is 18.3 Å². The van der Waals surface area contributed by atoms with Crippen LogP contribution in [0.4, 0.5) is 0 Å². The number of carbonyl (C=O) groups excluding carboxylic acids is 1. The summed E-state index contributed by atoms with van der Waals surface area (Å²) < 4.78 is 0. The lowest BCUT2D eigenvalue weighted by Gasteiger charge is -2.18. The van der Waals surface area contributed by atoms with Gasteiger partial charge in [0.05, 0.1) is 6.42 Å². The van der Waals surface area contributed by atoms with Crippen LogP contribution in [0, 0.1) is 0 Å². The van der Waals surface area contributed by atoms with Crippen LogP contribution in [0.15, 0.2) is 42.5 Å². The van der Waals surface area contributed by atoms with Crippen molar-refractivity contribution in [3.63, 3.8) is 0 Å². The Balaban J connectivity index is 0.00000242. The first-order valence-corrected chi connectivity index (χ1v) is 7.70. The van der Waals surface area contributed by atoms with E-state index in [0.29, 0.717) is 13.0 Å². The standard InChI is InChI=1S/C18H24N2O.ClH/c1-3-20(4-2)13-12-19-18(21)14-16-10-7-9-15-8-5-6-11-17(15)16;/h5-11H,3-4,12-14H2,1-2H3,(H,19,21);1H. The van der Waals surface area contributed by atoms with Gasteiger partial charge in [-0.3, -0.25) is 4.79 Å². The van der Waals surface area contributed by atoms with Crippen molar-refractivity contribution in [3.05, 3.63) is 48.0 Å². The van der Waals surface area contributed by atoms with Crippen molar-refractivity contribution in [3.8, 4) is 0 Å². The SMILES string of the molecule is CCN(CC)CCNC(=O)Cc1cccc2ccccc12.Cl. The smallest absolute Gasteiger partial charge is 0.224 e. The van der Waals surface area contributed by atoms with Crippen LogP contribution in [0.25, 0.3) is 10.8 Å². The third-order valence-electron chi connectivity index (χ3n) is 3.88. The van der Waals surface area contributed by atoms with Crippen molar-refractivity contribution in [2.24, 2.45) is 0 Å². The highest BCUT2D eigenvalue weighted by atomic mass is 35.5. The van der Waals surface area contributed by atoms with Crippen molar-refractivity contribution in [1.82, 2.24) is 10.2 Å². The number of likely N-dealkylation sites (N-methyl/N-ethyl adjacent to an activating group) is 1. The first-order chi connectivity index (χ1) is 10.2. The van der Waals surface area contributed by atoms with Gasteiger partial charge in [-0.2, -0.15) is 0 Å². The summed E-state index contributed by atoms with van der Waals surface area (Å²) in [6.45, 7) is 7.95. The fourth-order valence-corrected chi connectivity index (χ4v) is 2.58. The molecule has 0 fully saturated rings. The van der Waals surface area contributed by atoms with E-state index in [1.54, 1.807) is 0 Å². The van der Waals surface area contributed by atoms with Crippen LogP contribution in [0.5, 0.6) is 0 Å². The Kier molecular flexibility index (Phi) is 7.92. The summed E-state index contributed by atoms with van der Waals surface area (Å²) in [7, 11) is 0. The minimum absolute atomic E-state index is 0. The number of halogens is 1. The molecule has 0 aliphatic rings. The molecule has 0 heterocycles. The zero-order chi connectivity index (χ0) is 15.1. The molecule has 0 saturated carbocycles. The second-order valence-corrected chi connectivity index (χ2v) is 5.19. The summed E-state index contributed by atoms with van der Waals surface area (Å²) in [4.78, 5) is 14.4. The van der Waals surface area contributed by atoms with Crippen molar-refractivity contribution in [2.45, 2.75) is 20.3 Å². The summed E-state index contributed by atoms with van der Waals surface area (Å²) in [5.74, 6) is 0.0958. The number of nitrogens with zero attached hydrogens (tertiary/aromatic N) is 1. The van der Waals surface area contributed by atoms with Gasteiger partial charge in [0.2, 0.25) is 5.91 Å². The van der Waals surface area contributed by atoms with E-state index in [9.17, 15) is 4.79 Å². The van der Waals surface area contributed by atoms with Crippen molar-refractivity contribution in [2.75, 3.05) is 26.2 Å². The molecule has 2 aromatic rings. The largest absolute Gasteiger partial charge is 0.355 e. The Morgan fingerprint density at radius 3 is 2.45 bits per heavy atom. The van der Waals surface area contributed by atoms with Crippen molar-refractivity contribution < 1.29 is 4.79 Å². The first-order valence-electron chi connectivity index (χ1n) is 7.70. The molecule has 0 aromatic heterocycles. The molecule has 0 unspecified atom stereocenters. The normalized spacial score (nSPS) is 10.5. The average Bonchev–Trinajstić information content (AvgIpc) is 2.52. The second-order valence-electron chi connectivity index (χ2n) is 5.19. The Morgan fingerprint density at radius 2 is 1.73 bits per heavy atom. The highest BCUT2D eigenvalue weighted by molar-refractivity contribution is 5.90. The highest BCUT2D eigenvalue weighted by Crippen LogP contribution is 2.18. The maximum absolute atomic E-state index is 12.1. The summed E-state index contributed by atoms with van der Waals surface area (Å²) in [5, 5.41) is 5.37. The molecule has 0 aliphatic heterocycles. The van der Waals surface area contributed by atoms with E-state index in [4.69, 9.17) is 0 Å². The Labute approximate surface area is 139 Å². The second kappa shape index (κ2) is 9.44. The molecule has 0 bridgehead atoms. The van der Waals surface area contributed by atoms with Crippen LogP contribution in [0.2, 0.25) is 0 Å². The van der Waals surface area contributed by atoms with Gasteiger partial charge in [0, 0.05) is 13.1 Å². The third-order valence-corrected chi connectivity index (χ3v) is 3.88. The third kappa shape index (κ3) is 5.00. The van der Waals surface area contributed by atoms with E-state index in [2.05, 4.69) is 42.3 Å². The van der Waals surface area contributed by atoms with Gasteiger partial charge in [-0.15, -0.1) is 12.4 Å². The van der Waals surface area contributed by atoms with E-state index in [0.717, 1.165) is 25.2 Å². The molecule has 22 heavy (non-hydrogen) atoms. The molecule has 2 aromatic carbocycles. The molecule has 1 N–H and O–H groups in total. The number of benzene rings is 2. The van der Waals surface area contributed by atoms with Crippen LogP contribution in [-0.2, 0) is 11.2 Å². The molecule has 2 rings (SSSR count). The number of fused-ring (bicyclic) bond motifs is 1. The van der Waals surface area contributed by atoms with Gasteiger partial charge in [-0.1, -0.05) is 56.3 Å². The number of hydrogen-bond donors (Lipinski definition) is 1. The molecule has 3 nitrogen and oxygen atoms in total. The van der Waals surface area contributed by atoms with Gasteiger partial charge >= 0.3 is 0 Å². The minimum atomic E-state index is 0. The molecule has 0 atom stereocenters. The number of nitrogens with one attached hydrogen (secondary N) is 1. The van der Waals surface area contributed by atoms with E-state index in [1.807, 2.05) is 24.3 Å². The molecule has 1 amide bonds. The number of hydrogen-bond acceptors (Lipinski definition) is 2. The van der Waals surface area contributed by atoms with Crippen molar-refractivity contribution in [1.29, 1.82) is 0 Å². The zero-order valence-electron chi connectivity index (χ0n) is 13.3. The lowest BCUT2D eigenvalue weighted by atomic mass is 10.0. The summed E-state index contributed by atoms with van der Waals surface area (Å²) in [6.07, 6.45) is 0.444. The van der Waals surface area contributed by atoms with E-state index >= 15 is 0 Å². The molecule has 0 spiro atoms. The topological polar surface area (TPSA) is 32.3 Å². The molecule has 0 aliphatic carbocycles. The van der Waals surface area contributed by atoms with Crippen LogP contribution >= 0.6 is 12.4 Å².